The highest BCUT2D eigenvalue weighted by atomic mass is 16.2. The fraction of sp³-hybridized carbons (Fsp3) is 0.438. The second-order valence-corrected chi connectivity index (χ2v) is 5.15. The third-order valence-electron chi connectivity index (χ3n) is 3.53. The summed E-state index contributed by atoms with van der Waals surface area (Å²) >= 11 is 0. The van der Waals surface area contributed by atoms with Crippen LogP contribution in [0.2, 0.25) is 0 Å². The van der Waals surface area contributed by atoms with Crippen molar-refractivity contribution in [3.8, 4) is 0 Å². The smallest absolute Gasteiger partial charge is 0.223 e. The molecular weight excluding hydrogens is 266 g/mol. The SMILES string of the molecule is O=C(CCNC(=O)[C@@H]1CC=CCC1)NCc1ccncc1. The molecule has 0 aromatic carbocycles. The summed E-state index contributed by atoms with van der Waals surface area (Å²) in [6.07, 6.45) is 10.5. The zero-order valence-corrected chi connectivity index (χ0v) is 12.0. The molecule has 1 aromatic rings. The lowest BCUT2D eigenvalue weighted by Crippen LogP contribution is -2.34. The number of hydrogen-bond acceptors (Lipinski definition) is 3. The van der Waals surface area contributed by atoms with Crippen LogP contribution < -0.4 is 10.6 Å². The van der Waals surface area contributed by atoms with Gasteiger partial charge in [-0.05, 0) is 37.0 Å². The summed E-state index contributed by atoms with van der Waals surface area (Å²) in [4.78, 5) is 27.5. The molecule has 2 N–H and O–H groups in total. The average Bonchev–Trinajstić information content (AvgIpc) is 2.54. The van der Waals surface area contributed by atoms with Crippen molar-refractivity contribution in [3.05, 3.63) is 42.2 Å². The summed E-state index contributed by atoms with van der Waals surface area (Å²) in [5, 5.41) is 5.66. The Balaban J connectivity index is 1.60. The molecule has 1 aromatic heterocycles. The van der Waals surface area contributed by atoms with Gasteiger partial charge in [0.15, 0.2) is 0 Å². The van der Waals surface area contributed by atoms with Crippen LogP contribution in [0.15, 0.2) is 36.7 Å². The number of carbonyl (C=O) groups is 2. The Kier molecular flexibility index (Phi) is 5.94. The molecule has 1 heterocycles. The van der Waals surface area contributed by atoms with Crippen LogP contribution in [-0.2, 0) is 16.1 Å². The molecule has 0 bridgehead atoms. The fourth-order valence-electron chi connectivity index (χ4n) is 2.26. The molecule has 5 nitrogen and oxygen atoms in total. The van der Waals surface area contributed by atoms with Crippen molar-refractivity contribution >= 4 is 11.8 Å². The molecule has 0 saturated heterocycles. The van der Waals surface area contributed by atoms with Crippen molar-refractivity contribution in [2.45, 2.75) is 32.2 Å². The van der Waals surface area contributed by atoms with Crippen LogP contribution in [0.4, 0.5) is 0 Å². The number of hydrogen-bond donors (Lipinski definition) is 2. The van der Waals surface area contributed by atoms with Crippen LogP contribution in [-0.4, -0.2) is 23.3 Å². The predicted octanol–water partition coefficient (Wildman–Crippen LogP) is 1.56. The monoisotopic (exact) mass is 287 g/mol. The first-order valence-electron chi connectivity index (χ1n) is 7.34. The van der Waals surface area contributed by atoms with Crippen LogP contribution >= 0.6 is 0 Å². The average molecular weight is 287 g/mol. The number of allylic oxidation sites excluding steroid dienone is 2. The molecule has 5 heteroatoms. The first kappa shape index (κ1) is 15.2. The molecule has 0 unspecified atom stereocenters. The van der Waals surface area contributed by atoms with E-state index in [0.717, 1.165) is 24.8 Å². The number of pyridine rings is 1. The molecule has 0 radical (unpaired) electrons. The topological polar surface area (TPSA) is 71.1 Å². The van der Waals surface area contributed by atoms with Gasteiger partial charge < -0.3 is 10.6 Å². The highest BCUT2D eigenvalue weighted by Crippen LogP contribution is 2.17. The van der Waals surface area contributed by atoms with Gasteiger partial charge in [0.25, 0.3) is 0 Å². The Hall–Kier alpha value is -2.17. The van der Waals surface area contributed by atoms with Gasteiger partial charge in [0.2, 0.25) is 11.8 Å². The molecular formula is C16H21N3O2. The Bertz CT molecular complexity index is 500. The van der Waals surface area contributed by atoms with Gasteiger partial charge in [-0.1, -0.05) is 12.2 Å². The summed E-state index contributed by atoms with van der Waals surface area (Å²) < 4.78 is 0. The van der Waals surface area contributed by atoms with E-state index in [0.29, 0.717) is 19.5 Å². The normalized spacial score (nSPS) is 17.2. The Morgan fingerprint density at radius 3 is 2.71 bits per heavy atom. The number of nitrogens with zero attached hydrogens (tertiary/aromatic N) is 1. The van der Waals surface area contributed by atoms with Gasteiger partial charge in [0, 0.05) is 37.8 Å². The Morgan fingerprint density at radius 2 is 2.00 bits per heavy atom. The van der Waals surface area contributed by atoms with E-state index < -0.39 is 0 Å². The van der Waals surface area contributed by atoms with E-state index in [-0.39, 0.29) is 17.7 Å². The van der Waals surface area contributed by atoms with Crippen LogP contribution in [0.1, 0.15) is 31.2 Å². The molecule has 1 atom stereocenters. The van der Waals surface area contributed by atoms with E-state index >= 15 is 0 Å². The van der Waals surface area contributed by atoms with Gasteiger partial charge in [-0.15, -0.1) is 0 Å². The highest BCUT2D eigenvalue weighted by Gasteiger charge is 2.18. The predicted molar refractivity (Wildman–Crippen MR) is 80.2 cm³/mol. The minimum Gasteiger partial charge on any atom is -0.355 e. The largest absolute Gasteiger partial charge is 0.355 e. The van der Waals surface area contributed by atoms with Crippen molar-refractivity contribution in [3.63, 3.8) is 0 Å². The molecule has 112 valence electrons. The van der Waals surface area contributed by atoms with Gasteiger partial charge in [0.05, 0.1) is 0 Å². The minimum atomic E-state index is -0.0596. The van der Waals surface area contributed by atoms with E-state index in [4.69, 9.17) is 0 Å². The lowest BCUT2D eigenvalue weighted by molar-refractivity contribution is -0.125. The Labute approximate surface area is 124 Å². The lowest BCUT2D eigenvalue weighted by Gasteiger charge is -2.17. The van der Waals surface area contributed by atoms with Crippen molar-refractivity contribution < 1.29 is 9.59 Å². The van der Waals surface area contributed by atoms with Crippen molar-refractivity contribution in [2.75, 3.05) is 6.54 Å². The number of amides is 2. The van der Waals surface area contributed by atoms with Crippen LogP contribution in [0, 0.1) is 5.92 Å². The molecule has 0 saturated carbocycles. The van der Waals surface area contributed by atoms with Gasteiger partial charge in [-0.3, -0.25) is 14.6 Å². The third-order valence-corrected chi connectivity index (χ3v) is 3.53. The maximum atomic E-state index is 11.9. The number of rotatable bonds is 6. The minimum absolute atomic E-state index is 0.0567. The summed E-state index contributed by atoms with van der Waals surface area (Å²) in [6, 6.07) is 3.72. The van der Waals surface area contributed by atoms with E-state index in [1.54, 1.807) is 12.4 Å². The molecule has 0 aliphatic heterocycles. The van der Waals surface area contributed by atoms with Crippen molar-refractivity contribution in [1.29, 1.82) is 0 Å². The van der Waals surface area contributed by atoms with E-state index in [1.807, 2.05) is 12.1 Å². The van der Waals surface area contributed by atoms with Gasteiger partial charge in [0.1, 0.15) is 0 Å². The molecule has 1 aliphatic rings. The molecule has 0 spiro atoms. The summed E-state index contributed by atoms with van der Waals surface area (Å²) in [5.74, 6) is 0.0619. The first-order chi connectivity index (χ1) is 10.3. The first-order valence-corrected chi connectivity index (χ1v) is 7.34. The van der Waals surface area contributed by atoms with E-state index in [9.17, 15) is 9.59 Å². The maximum Gasteiger partial charge on any atom is 0.223 e. The highest BCUT2D eigenvalue weighted by molar-refractivity contribution is 5.80. The van der Waals surface area contributed by atoms with Gasteiger partial charge in [-0.25, -0.2) is 0 Å². The third kappa shape index (κ3) is 5.38. The van der Waals surface area contributed by atoms with Crippen LogP contribution in [0.25, 0.3) is 0 Å². The number of aromatic nitrogens is 1. The maximum absolute atomic E-state index is 11.9. The van der Waals surface area contributed by atoms with Crippen molar-refractivity contribution in [2.24, 2.45) is 5.92 Å². The van der Waals surface area contributed by atoms with Gasteiger partial charge in [-0.2, -0.15) is 0 Å². The van der Waals surface area contributed by atoms with Gasteiger partial charge >= 0.3 is 0 Å². The number of carbonyl (C=O) groups excluding carboxylic acids is 2. The Morgan fingerprint density at radius 1 is 1.19 bits per heavy atom. The number of nitrogens with one attached hydrogen (secondary N) is 2. The molecule has 0 fully saturated rings. The molecule has 2 rings (SSSR count). The van der Waals surface area contributed by atoms with Crippen molar-refractivity contribution in [1.82, 2.24) is 15.6 Å². The second kappa shape index (κ2) is 8.19. The standard InChI is InChI=1S/C16H21N3O2/c20-15(19-12-13-6-9-17-10-7-13)8-11-18-16(21)14-4-2-1-3-5-14/h1-2,6-7,9-10,14H,3-5,8,11-12H2,(H,18,21)(H,19,20)/t14-/m1/s1. The zero-order valence-electron chi connectivity index (χ0n) is 12.0. The fourth-order valence-corrected chi connectivity index (χ4v) is 2.26. The summed E-state index contributed by atoms with van der Waals surface area (Å²) in [5.41, 5.74) is 1.01. The summed E-state index contributed by atoms with van der Waals surface area (Å²) in [7, 11) is 0. The van der Waals surface area contributed by atoms with E-state index in [2.05, 4.69) is 27.8 Å². The van der Waals surface area contributed by atoms with Crippen LogP contribution in [0.3, 0.4) is 0 Å². The quantitative estimate of drug-likeness (QED) is 0.780. The van der Waals surface area contributed by atoms with Crippen LogP contribution in [0.5, 0.6) is 0 Å². The lowest BCUT2D eigenvalue weighted by atomic mass is 9.94. The summed E-state index contributed by atoms with van der Waals surface area (Å²) in [6.45, 7) is 0.879. The zero-order chi connectivity index (χ0) is 14.9. The molecule has 1 aliphatic carbocycles. The molecule has 21 heavy (non-hydrogen) atoms. The second-order valence-electron chi connectivity index (χ2n) is 5.15. The molecule has 2 amide bonds. The van der Waals surface area contributed by atoms with E-state index in [1.165, 1.54) is 0 Å².